The van der Waals surface area contributed by atoms with Gasteiger partial charge in [-0.3, -0.25) is 14.2 Å². The summed E-state index contributed by atoms with van der Waals surface area (Å²) in [6, 6.07) is 13.8. The number of aromatic nitrogens is 1. The van der Waals surface area contributed by atoms with Crippen molar-refractivity contribution in [2.24, 2.45) is 16.0 Å². The van der Waals surface area contributed by atoms with Crippen LogP contribution in [0.4, 0.5) is 5.69 Å². The van der Waals surface area contributed by atoms with Gasteiger partial charge in [-0.1, -0.05) is 58.8 Å². The van der Waals surface area contributed by atoms with Gasteiger partial charge in [-0.25, -0.2) is 9.79 Å². The van der Waals surface area contributed by atoms with Gasteiger partial charge in [0.2, 0.25) is 0 Å². The van der Waals surface area contributed by atoms with Crippen LogP contribution in [0.1, 0.15) is 45.2 Å². The Labute approximate surface area is 249 Å². The maximum Gasteiger partial charge on any atom is 0.338 e. The topological polar surface area (TPSA) is 103 Å². The number of methoxy groups -OCH3 is 1. The van der Waals surface area contributed by atoms with E-state index in [1.54, 1.807) is 33.1 Å². The highest BCUT2D eigenvalue weighted by Crippen LogP contribution is 2.38. The smallest absolute Gasteiger partial charge is 0.338 e. The van der Waals surface area contributed by atoms with Gasteiger partial charge in [-0.15, -0.1) is 0 Å². The first-order valence-electron chi connectivity index (χ1n) is 13.3. The van der Waals surface area contributed by atoms with E-state index in [2.05, 4.69) is 21.0 Å². The molecular formula is C30H29BrN4O5S. The minimum Gasteiger partial charge on any atom is -0.496 e. The fourth-order valence-electron chi connectivity index (χ4n) is 5.03. The van der Waals surface area contributed by atoms with Gasteiger partial charge in [0.25, 0.3) is 11.5 Å². The lowest BCUT2D eigenvalue weighted by molar-refractivity contribution is -0.139. The second-order valence-corrected chi connectivity index (χ2v) is 11.5. The molecule has 3 aromatic rings. The molecule has 0 radical (unpaired) electrons. The van der Waals surface area contributed by atoms with E-state index in [0.29, 0.717) is 49.7 Å². The predicted molar refractivity (Wildman–Crippen MR) is 162 cm³/mol. The van der Waals surface area contributed by atoms with Crippen molar-refractivity contribution < 1.29 is 19.1 Å². The summed E-state index contributed by atoms with van der Waals surface area (Å²) >= 11 is 4.71. The zero-order valence-corrected chi connectivity index (χ0v) is 25.5. The fraction of sp³-hybridized carbons (Fsp3) is 0.300. The summed E-state index contributed by atoms with van der Waals surface area (Å²) in [6.45, 7) is 5.69. The molecule has 2 aromatic carbocycles. The number of halogens is 1. The number of carbonyl (C=O) groups is 2. The van der Waals surface area contributed by atoms with Gasteiger partial charge >= 0.3 is 5.97 Å². The molecule has 5 rings (SSSR count). The molecule has 3 heterocycles. The number of rotatable bonds is 8. The van der Waals surface area contributed by atoms with Crippen molar-refractivity contribution in [2.75, 3.05) is 18.7 Å². The van der Waals surface area contributed by atoms with Crippen LogP contribution in [0.2, 0.25) is 0 Å². The third-order valence-corrected chi connectivity index (χ3v) is 8.37. The molecule has 2 aliphatic heterocycles. The molecule has 2 atom stereocenters. The van der Waals surface area contributed by atoms with Crippen LogP contribution in [0, 0.1) is 5.92 Å². The minimum atomic E-state index is -0.837. The standard InChI is InChI=1S/C30H29BrN4O5S/c1-5-10-22-25(29(38)40-6-2)26(21-15-18(31)13-14-23(21)39-4)34-28(37)24(41-30(34)32-22)16-20-17(3)33-35(27(20)36)19-11-8-7-9-12-19/h7-9,11-16,20,26H,5-6,10H2,1-4H3/b24-16-/t20-,26-/m1/s1. The molecule has 2 aliphatic rings. The molecular weight excluding hydrogens is 608 g/mol. The van der Waals surface area contributed by atoms with Gasteiger partial charge < -0.3 is 9.47 Å². The first-order valence-corrected chi connectivity index (χ1v) is 14.9. The van der Waals surface area contributed by atoms with Crippen LogP contribution in [-0.2, 0) is 14.3 Å². The Hall–Kier alpha value is -3.83. The highest BCUT2D eigenvalue weighted by atomic mass is 79.9. The Morgan fingerprint density at radius 2 is 1.90 bits per heavy atom. The Balaban J connectivity index is 1.71. The van der Waals surface area contributed by atoms with E-state index in [4.69, 9.17) is 14.5 Å². The second-order valence-electron chi connectivity index (χ2n) is 9.53. The van der Waals surface area contributed by atoms with Crippen LogP contribution < -0.4 is 24.6 Å². The average Bonchev–Trinajstić information content (AvgIpc) is 3.43. The zero-order valence-electron chi connectivity index (χ0n) is 23.1. The van der Waals surface area contributed by atoms with Gasteiger partial charge in [-0.2, -0.15) is 10.1 Å². The molecule has 11 heteroatoms. The molecule has 9 nitrogen and oxygen atoms in total. The Bertz CT molecular complexity index is 1760. The summed E-state index contributed by atoms with van der Waals surface area (Å²) in [5, 5.41) is 5.83. The van der Waals surface area contributed by atoms with Crippen molar-refractivity contribution in [1.82, 2.24) is 4.57 Å². The van der Waals surface area contributed by atoms with Gasteiger partial charge in [0, 0.05) is 10.0 Å². The summed E-state index contributed by atoms with van der Waals surface area (Å²) in [4.78, 5) is 46.2. The number of hydrogen-bond acceptors (Lipinski definition) is 8. The number of para-hydroxylation sites is 1. The molecule has 0 saturated carbocycles. The quantitative estimate of drug-likeness (QED) is 0.342. The number of fused-ring (bicyclic) bond motifs is 1. The number of esters is 1. The Morgan fingerprint density at radius 1 is 1.15 bits per heavy atom. The number of anilines is 1. The second kappa shape index (κ2) is 12.0. The molecule has 0 fully saturated rings. The van der Waals surface area contributed by atoms with Crippen molar-refractivity contribution in [3.63, 3.8) is 0 Å². The van der Waals surface area contributed by atoms with Crippen molar-refractivity contribution in [3.05, 3.63) is 89.5 Å². The number of ether oxygens (including phenoxy) is 2. The van der Waals surface area contributed by atoms with E-state index < -0.39 is 17.9 Å². The summed E-state index contributed by atoms with van der Waals surface area (Å²) in [6.07, 6.45) is 2.90. The molecule has 0 bridgehead atoms. The lowest BCUT2D eigenvalue weighted by Gasteiger charge is -2.27. The normalized spacial score (nSPS) is 18.8. The van der Waals surface area contributed by atoms with Crippen LogP contribution in [-0.4, -0.2) is 35.9 Å². The van der Waals surface area contributed by atoms with Gasteiger partial charge in [0.1, 0.15) is 17.7 Å². The SMILES string of the molecule is CCCC1=C(C(=O)OCC)[C@@H](c2cc(Br)ccc2OC)n2c(s/c(=C\[C@H]3C(=O)N(c4ccccc4)N=C3C)c2=O)=N1. The largest absolute Gasteiger partial charge is 0.496 e. The highest BCUT2D eigenvalue weighted by Gasteiger charge is 2.37. The van der Waals surface area contributed by atoms with E-state index in [-0.39, 0.29) is 18.1 Å². The van der Waals surface area contributed by atoms with Crippen molar-refractivity contribution in [2.45, 2.75) is 39.7 Å². The van der Waals surface area contributed by atoms with Gasteiger partial charge in [0.15, 0.2) is 4.80 Å². The van der Waals surface area contributed by atoms with Crippen LogP contribution in [0.25, 0.3) is 6.08 Å². The number of hydrogen-bond donors (Lipinski definition) is 0. The lowest BCUT2D eigenvalue weighted by Crippen LogP contribution is -2.40. The minimum absolute atomic E-state index is 0.175. The van der Waals surface area contributed by atoms with E-state index >= 15 is 0 Å². The fourth-order valence-corrected chi connectivity index (χ4v) is 6.43. The van der Waals surface area contributed by atoms with Crippen LogP contribution in [0.3, 0.4) is 0 Å². The molecule has 0 spiro atoms. The molecule has 41 heavy (non-hydrogen) atoms. The third kappa shape index (κ3) is 5.31. The summed E-state index contributed by atoms with van der Waals surface area (Å²) in [5.74, 6) is -0.980. The molecule has 1 amide bonds. The molecule has 0 aliphatic carbocycles. The molecule has 212 valence electrons. The predicted octanol–water partition coefficient (Wildman–Crippen LogP) is 4.34. The summed E-state index contributed by atoms with van der Waals surface area (Å²) < 4.78 is 13.8. The highest BCUT2D eigenvalue weighted by molar-refractivity contribution is 9.10. The number of carbonyl (C=O) groups excluding carboxylic acids is 2. The number of thiazole rings is 1. The first-order chi connectivity index (χ1) is 19.8. The van der Waals surface area contributed by atoms with Crippen LogP contribution in [0.15, 0.2) is 79.2 Å². The number of nitrogens with zero attached hydrogens (tertiary/aromatic N) is 4. The number of allylic oxidation sites excluding steroid dienone is 1. The summed E-state index contributed by atoms with van der Waals surface area (Å²) in [5.41, 5.74) is 2.35. The van der Waals surface area contributed by atoms with Crippen LogP contribution >= 0.6 is 27.3 Å². The maximum atomic E-state index is 14.1. The number of benzene rings is 2. The summed E-state index contributed by atoms with van der Waals surface area (Å²) in [7, 11) is 1.55. The van der Waals surface area contributed by atoms with E-state index in [0.717, 1.165) is 10.9 Å². The van der Waals surface area contributed by atoms with Crippen molar-refractivity contribution in [3.8, 4) is 5.75 Å². The molecule has 0 saturated heterocycles. The average molecular weight is 638 g/mol. The van der Waals surface area contributed by atoms with Gasteiger partial charge in [-0.05, 0) is 56.7 Å². The van der Waals surface area contributed by atoms with E-state index in [1.165, 1.54) is 20.9 Å². The van der Waals surface area contributed by atoms with Crippen molar-refractivity contribution >= 4 is 56.6 Å². The lowest BCUT2D eigenvalue weighted by atomic mass is 9.93. The third-order valence-electron chi connectivity index (χ3n) is 6.88. The van der Waals surface area contributed by atoms with Gasteiger partial charge in [0.05, 0.1) is 40.9 Å². The van der Waals surface area contributed by atoms with Crippen molar-refractivity contribution in [1.29, 1.82) is 0 Å². The number of amides is 1. The number of hydrazone groups is 1. The van der Waals surface area contributed by atoms with E-state index in [1.807, 2.05) is 49.4 Å². The monoisotopic (exact) mass is 636 g/mol. The Morgan fingerprint density at radius 3 is 2.59 bits per heavy atom. The maximum absolute atomic E-state index is 14.1. The Kier molecular flexibility index (Phi) is 8.37. The zero-order chi connectivity index (χ0) is 29.3. The van der Waals surface area contributed by atoms with Crippen LogP contribution in [0.5, 0.6) is 5.75 Å². The first kappa shape index (κ1) is 28.7. The molecule has 0 N–H and O–H groups in total. The van der Waals surface area contributed by atoms with E-state index in [9.17, 15) is 14.4 Å². The molecule has 0 unspecified atom stereocenters. The molecule has 1 aromatic heterocycles.